The van der Waals surface area contributed by atoms with Crippen LogP contribution in [-0.4, -0.2) is 21.2 Å². The molecule has 0 saturated carbocycles. The first kappa shape index (κ1) is 15.5. The first-order valence-corrected chi connectivity index (χ1v) is 8.71. The van der Waals surface area contributed by atoms with Gasteiger partial charge < -0.3 is 4.74 Å². The van der Waals surface area contributed by atoms with Crippen molar-refractivity contribution in [3.05, 3.63) is 46.2 Å². The average molecular weight is 324 g/mol. The number of hydrogen-bond acceptors (Lipinski definition) is 5. The van der Waals surface area contributed by atoms with Crippen LogP contribution in [0.15, 0.2) is 45.7 Å². The van der Waals surface area contributed by atoms with Crippen LogP contribution in [0.2, 0.25) is 0 Å². The fraction of sp³-hybridized carbons (Fsp3) is 0.214. The Labute approximate surface area is 128 Å². The fourth-order valence-electron chi connectivity index (χ4n) is 1.61. The van der Waals surface area contributed by atoms with E-state index in [1.165, 1.54) is 29.7 Å². The highest BCUT2D eigenvalue weighted by Gasteiger charge is 2.12. The van der Waals surface area contributed by atoms with E-state index in [4.69, 9.17) is 4.74 Å². The van der Waals surface area contributed by atoms with Gasteiger partial charge in [0.25, 0.3) is 10.0 Å². The van der Waals surface area contributed by atoms with Gasteiger partial charge in [-0.05, 0) is 55.1 Å². The predicted octanol–water partition coefficient (Wildman–Crippen LogP) is 2.77. The summed E-state index contributed by atoms with van der Waals surface area (Å²) in [7, 11) is -3.66. The lowest BCUT2D eigenvalue weighted by Crippen LogP contribution is -2.18. The quantitative estimate of drug-likeness (QED) is 0.656. The molecule has 21 heavy (non-hydrogen) atoms. The molecule has 1 aromatic carbocycles. The van der Waals surface area contributed by atoms with E-state index in [0.29, 0.717) is 12.4 Å². The minimum Gasteiger partial charge on any atom is -0.494 e. The van der Waals surface area contributed by atoms with E-state index in [9.17, 15) is 8.42 Å². The second kappa shape index (κ2) is 6.73. The van der Waals surface area contributed by atoms with Gasteiger partial charge in [0.15, 0.2) is 0 Å². The lowest BCUT2D eigenvalue weighted by Gasteiger charge is -2.05. The number of ether oxygens (including phenoxy) is 1. The molecule has 0 amide bonds. The molecule has 0 unspecified atom stereocenters. The first-order valence-electron chi connectivity index (χ1n) is 6.35. The van der Waals surface area contributed by atoms with Crippen LogP contribution >= 0.6 is 11.3 Å². The second-order valence-corrected chi connectivity index (χ2v) is 6.83. The maximum atomic E-state index is 12.1. The fourth-order valence-corrected chi connectivity index (χ4v) is 3.18. The van der Waals surface area contributed by atoms with Gasteiger partial charge in [-0.15, -0.1) is 11.3 Å². The molecule has 0 aliphatic rings. The molecule has 5 nitrogen and oxygen atoms in total. The van der Waals surface area contributed by atoms with Crippen LogP contribution in [0.3, 0.4) is 0 Å². The van der Waals surface area contributed by atoms with Gasteiger partial charge in [-0.1, -0.05) is 0 Å². The Morgan fingerprint density at radius 3 is 2.57 bits per heavy atom. The molecular formula is C14H16N2O3S2. The molecule has 0 radical (unpaired) electrons. The minimum atomic E-state index is -3.66. The third-order valence-corrected chi connectivity index (χ3v) is 4.89. The predicted molar refractivity (Wildman–Crippen MR) is 84.6 cm³/mol. The van der Waals surface area contributed by atoms with Crippen LogP contribution in [0.1, 0.15) is 17.4 Å². The first-order chi connectivity index (χ1) is 10.0. The molecule has 1 heterocycles. The van der Waals surface area contributed by atoms with Crippen molar-refractivity contribution in [1.82, 2.24) is 4.83 Å². The minimum absolute atomic E-state index is 0.144. The van der Waals surface area contributed by atoms with Crippen molar-refractivity contribution in [1.29, 1.82) is 0 Å². The third-order valence-electron chi connectivity index (χ3n) is 2.70. The van der Waals surface area contributed by atoms with Crippen molar-refractivity contribution in [3.63, 3.8) is 0 Å². The number of sulfonamides is 1. The Morgan fingerprint density at radius 2 is 2.00 bits per heavy atom. The van der Waals surface area contributed by atoms with Crippen LogP contribution in [0, 0.1) is 6.92 Å². The molecule has 0 atom stereocenters. The Hall–Kier alpha value is -1.86. The van der Waals surface area contributed by atoms with Crippen molar-refractivity contribution in [2.45, 2.75) is 18.7 Å². The van der Waals surface area contributed by atoms with Crippen LogP contribution in [-0.2, 0) is 10.0 Å². The number of hydrazone groups is 1. The standard InChI is InChI=1S/C14H16N2O3S2/c1-3-19-12-4-6-13(7-5-12)21(17,18)16-15-10-14-11(2)8-9-20-14/h4-10,16H,3H2,1-2H3/b15-10-. The van der Waals surface area contributed by atoms with Gasteiger partial charge in [-0.3, -0.25) is 0 Å². The van der Waals surface area contributed by atoms with Crippen LogP contribution < -0.4 is 9.57 Å². The Kier molecular flexibility index (Phi) is 4.98. The molecule has 0 aliphatic carbocycles. The summed E-state index contributed by atoms with van der Waals surface area (Å²) in [6.45, 7) is 4.35. The summed E-state index contributed by atoms with van der Waals surface area (Å²) in [5, 5.41) is 5.73. The zero-order chi connectivity index (χ0) is 15.3. The van der Waals surface area contributed by atoms with Crippen molar-refractivity contribution in [2.24, 2.45) is 5.10 Å². The SMILES string of the molecule is CCOc1ccc(S(=O)(=O)N/N=C\c2sccc2C)cc1. The number of benzene rings is 1. The second-order valence-electron chi connectivity index (χ2n) is 4.23. The maximum Gasteiger partial charge on any atom is 0.276 e. The Balaban J connectivity index is 2.08. The van der Waals surface area contributed by atoms with E-state index in [1.54, 1.807) is 12.1 Å². The van der Waals surface area contributed by atoms with E-state index in [2.05, 4.69) is 9.93 Å². The van der Waals surface area contributed by atoms with Crippen molar-refractivity contribution in [3.8, 4) is 5.75 Å². The number of thiophene rings is 1. The largest absolute Gasteiger partial charge is 0.494 e. The lowest BCUT2D eigenvalue weighted by molar-refractivity contribution is 0.340. The van der Waals surface area contributed by atoms with E-state index in [1.807, 2.05) is 25.3 Å². The molecule has 2 aromatic rings. The molecule has 0 bridgehead atoms. The topological polar surface area (TPSA) is 67.8 Å². The summed E-state index contributed by atoms with van der Waals surface area (Å²) >= 11 is 1.50. The van der Waals surface area contributed by atoms with Gasteiger partial charge in [0.05, 0.1) is 22.6 Å². The van der Waals surface area contributed by atoms with Crippen LogP contribution in [0.4, 0.5) is 0 Å². The maximum absolute atomic E-state index is 12.1. The van der Waals surface area contributed by atoms with E-state index >= 15 is 0 Å². The van der Waals surface area contributed by atoms with Crippen LogP contribution in [0.25, 0.3) is 0 Å². The number of nitrogens with zero attached hydrogens (tertiary/aromatic N) is 1. The summed E-state index contributed by atoms with van der Waals surface area (Å²) in [4.78, 5) is 3.26. The molecule has 2 rings (SSSR count). The van der Waals surface area contributed by atoms with E-state index < -0.39 is 10.0 Å². The van der Waals surface area contributed by atoms with Gasteiger partial charge in [0.1, 0.15) is 5.75 Å². The van der Waals surface area contributed by atoms with Gasteiger partial charge in [-0.2, -0.15) is 13.5 Å². The highest BCUT2D eigenvalue weighted by Crippen LogP contribution is 2.16. The summed E-state index contributed by atoms with van der Waals surface area (Å²) in [5.41, 5.74) is 1.06. The molecule has 0 aliphatic heterocycles. The number of hydrogen-bond donors (Lipinski definition) is 1. The molecular weight excluding hydrogens is 308 g/mol. The molecule has 7 heteroatoms. The van der Waals surface area contributed by atoms with Gasteiger partial charge in [0.2, 0.25) is 0 Å². The Morgan fingerprint density at radius 1 is 1.29 bits per heavy atom. The highest BCUT2D eigenvalue weighted by atomic mass is 32.2. The third kappa shape index (κ3) is 4.05. The average Bonchev–Trinajstić information content (AvgIpc) is 2.85. The Bertz CT molecular complexity index is 719. The molecule has 1 N–H and O–H groups in total. The molecule has 112 valence electrons. The zero-order valence-corrected chi connectivity index (χ0v) is 13.4. The summed E-state index contributed by atoms with van der Waals surface area (Å²) in [6.07, 6.45) is 1.51. The normalized spacial score (nSPS) is 11.7. The monoisotopic (exact) mass is 324 g/mol. The van der Waals surface area contributed by atoms with Gasteiger partial charge >= 0.3 is 0 Å². The number of aryl methyl sites for hydroxylation is 1. The van der Waals surface area contributed by atoms with Crippen LogP contribution in [0.5, 0.6) is 5.75 Å². The van der Waals surface area contributed by atoms with Gasteiger partial charge in [-0.25, -0.2) is 4.83 Å². The van der Waals surface area contributed by atoms with Crippen molar-refractivity contribution in [2.75, 3.05) is 6.61 Å². The number of nitrogens with one attached hydrogen (secondary N) is 1. The van der Waals surface area contributed by atoms with Crippen molar-refractivity contribution >= 4 is 27.6 Å². The molecule has 0 spiro atoms. The summed E-state index contributed by atoms with van der Waals surface area (Å²) in [6, 6.07) is 8.15. The van der Waals surface area contributed by atoms with Crippen molar-refractivity contribution < 1.29 is 13.2 Å². The smallest absolute Gasteiger partial charge is 0.276 e. The lowest BCUT2D eigenvalue weighted by atomic mass is 10.3. The molecule has 1 aromatic heterocycles. The van der Waals surface area contributed by atoms with E-state index in [-0.39, 0.29) is 4.90 Å². The number of rotatable bonds is 6. The van der Waals surface area contributed by atoms with Gasteiger partial charge in [0, 0.05) is 0 Å². The van der Waals surface area contributed by atoms with E-state index in [0.717, 1.165) is 10.4 Å². The molecule has 0 fully saturated rings. The summed E-state index contributed by atoms with van der Waals surface area (Å²) < 4.78 is 29.4. The molecule has 0 saturated heterocycles. The summed E-state index contributed by atoms with van der Waals surface area (Å²) in [5.74, 6) is 0.633. The highest BCUT2D eigenvalue weighted by molar-refractivity contribution is 7.89. The zero-order valence-electron chi connectivity index (χ0n) is 11.7.